The third kappa shape index (κ3) is 1.86. The molecule has 3 rings (SSSR count). The number of Topliss-reactive ketones (excluding diaryl/α,β-unsaturated/α-hetero) is 1. The molecule has 0 bridgehead atoms. The second-order valence-corrected chi connectivity index (χ2v) is 4.87. The molecule has 0 heterocycles. The first-order chi connectivity index (χ1) is 8.36. The highest BCUT2D eigenvalue weighted by molar-refractivity contribution is 6.09. The monoisotopic (exact) mass is 224 g/mol. The first-order valence-electron chi connectivity index (χ1n) is 6.38. The maximum absolute atomic E-state index is 12.5. The summed E-state index contributed by atoms with van der Waals surface area (Å²) >= 11 is 0. The average Bonchev–Trinajstić information content (AvgIpc) is 2.91. The summed E-state index contributed by atoms with van der Waals surface area (Å²) in [6.07, 6.45) is 4.56. The van der Waals surface area contributed by atoms with E-state index in [1.54, 1.807) is 0 Å². The molecule has 0 amide bonds. The van der Waals surface area contributed by atoms with Crippen LogP contribution in [0.15, 0.2) is 42.5 Å². The molecule has 0 aliphatic heterocycles. The van der Waals surface area contributed by atoms with Gasteiger partial charge in [0.15, 0.2) is 5.78 Å². The maximum atomic E-state index is 12.5. The molecule has 1 nitrogen and oxygen atoms in total. The summed E-state index contributed by atoms with van der Waals surface area (Å²) < 4.78 is 0. The SMILES string of the molecule is O=C(c1cccc2ccccc12)C1CCCC1. The predicted molar refractivity (Wildman–Crippen MR) is 70.2 cm³/mol. The van der Waals surface area contributed by atoms with Gasteiger partial charge in [-0.1, -0.05) is 55.3 Å². The smallest absolute Gasteiger partial charge is 0.166 e. The van der Waals surface area contributed by atoms with Crippen LogP contribution in [0, 0.1) is 5.92 Å². The average molecular weight is 224 g/mol. The summed E-state index contributed by atoms with van der Waals surface area (Å²) in [4.78, 5) is 12.5. The zero-order valence-corrected chi connectivity index (χ0v) is 9.86. The van der Waals surface area contributed by atoms with E-state index in [0.717, 1.165) is 29.2 Å². The van der Waals surface area contributed by atoms with Gasteiger partial charge in [-0.2, -0.15) is 0 Å². The van der Waals surface area contributed by atoms with Crippen molar-refractivity contribution in [1.82, 2.24) is 0 Å². The third-order valence-corrected chi connectivity index (χ3v) is 3.78. The number of benzene rings is 2. The molecule has 0 atom stereocenters. The lowest BCUT2D eigenvalue weighted by molar-refractivity contribution is 0.0924. The van der Waals surface area contributed by atoms with Crippen molar-refractivity contribution in [2.75, 3.05) is 0 Å². The molecule has 0 aromatic heterocycles. The van der Waals surface area contributed by atoms with E-state index in [1.807, 2.05) is 24.3 Å². The number of carbonyl (C=O) groups excluding carboxylic acids is 1. The first-order valence-corrected chi connectivity index (χ1v) is 6.38. The van der Waals surface area contributed by atoms with E-state index in [-0.39, 0.29) is 5.92 Å². The maximum Gasteiger partial charge on any atom is 0.166 e. The van der Waals surface area contributed by atoms with Crippen LogP contribution in [0.5, 0.6) is 0 Å². The van der Waals surface area contributed by atoms with E-state index >= 15 is 0 Å². The molecule has 1 aliphatic rings. The molecule has 17 heavy (non-hydrogen) atoms. The summed E-state index contributed by atoms with van der Waals surface area (Å²) in [5.74, 6) is 0.611. The van der Waals surface area contributed by atoms with Gasteiger partial charge in [-0.3, -0.25) is 4.79 Å². The van der Waals surface area contributed by atoms with Gasteiger partial charge in [-0.15, -0.1) is 0 Å². The molecular formula is C16H16O. The fourth-order valence-electron chi connectivity index (χ4n) is 2.85. The van der Waals surface area contributed by atoms with Crippen molar-refractivity contribution in [3.63, 3.8) is 0 Å². The molecule has 0 unspecified atom stereocenters. The molecule has 1 fully saturated rings. The van der Waals surface area contributed by atoms with Crippen LogP contribution in [0.1, 0.15) is 36.0 Å². The number of carbonyl (C=O) groups is 1. The topological polar surface area (TPSA) is 17.1 Å². The Bertz CT molecular complexity index is 545. The molecular weight excluding hydrogens is 208 g/mol. The van der Waals surface area contributed by atoms with Gasteiger partial charge in [0, 0.05) is 11.5 Å². The molecule has 86 valence electrons. The minimum atomic E-state index is 0.265. The van der Waals surface area contributed by atoms with Crippen molar-refractivity contribution in [1.29, 1.82) is 0 Å². The number of fused-ring (bicyclic) bond motifs is 1. The van der Waals surface area contributed by atoms with E-state index in [2.05, 4.69) is 18.2 Å². The van der Waals surface area contributed by atoms with Crippen LogP contribution in [0.4, 0.5) is 0 Å². The van der Waals surface area contributed by atoms with Crippen LogP contribution < -0.4 is 0 Å². The lowest BCUT2D eigenvalue weighted by atomic mass is 9.92. The summed E-state index contributed by atoms with van der Waals surface area (Å²) in [5.41, 5.74) is 0.912. The molecule has 0 saturated heterocycles. The van der Waals surface area contributed by atoms with E-state index in [9.17, 15) is 4.79 Å². The predicted octanol–water partition coefficient (Wildman–Crippen LogP) is 4.21. The number of rotatable bonds is 2. The number of ketones is 1. The first kappa shape index (κ1) is 10.5. The van der Waals surface area contributed by atoms with E-state index in [1.165, 1.54) is 12.8 Å². The van der Waals surface area contributed by atoms with Crippen LogP contribution in [0.2, 0.25) is 0 Å². The lowest BCUT2D eigenvalue weighted by Gasteiger charge is -2.10. The van der Waals surface area contributed by atoms with Crippen molar-refractivity contribution in [2.45, 2.75) is 25.7 Å². The summed E-state index contributed by atoms with van der Waals surface area (Å²) in [7, 11) is 0. The molecule has 1 saturated carbocycles. The Kier molecular flexibility index (Phi) is 2.68. The molecule has 0 N–H and O–H groups in total. The van der Waals surface area contributed by atoms with Crippen LogP contribution in [-0.4, -0.2) is 5.78 Å². The molecule has 2 aromatic rings. The highest BCUT2D eigenvalue weighted by Gasteiger charge is 2.24. The Hall–Kier alpha value is -1.63. The lowest BCUT2D eigenvalue weighted by Crippen LogP contribution is -2.11. The highest BCUT2D eigenvalue weighted by atomic mass is 16.1. The zero-order chi connectivity index (χ0) is 11.7. The molecule has 0 radical (unpaired) electrons. The van der Waals surface area contributed by atoms with Gasteiger partial charge in [0.2, 0.25) is 0 Å². The third-order valence-electron chi connectivity index (χ3n) is 3.78. The largest absolute Gasteiger partial charge is 0.294 e. The van der Waals surface area contributed by atoms with Crippen molar-refractivity contribution < 1.29 is 4.79 Å². The van der Waals surface area contributed by atoms with Gasteiger partial charge in [0.25, 0.3) is 0 Å². The Labute approximate surface area is 101 Å². The normalized spacial score (nSPS) is 16.5. The van der Waals surface area contributed by atoms with Crippen molar-refractivity contribution in [2.24, 2.45) is 5.92 Å². The standard InChI is InChI=1S/C16H16O/c17-16(13-7-1-2-8-13)15-11-5-9-12-6-3-4-10-14(12)15/h3-6,9-11,13H,1-2,7-8H2. The quantitative estimate of drug-likeness (QED) is 0.698. The molecule has 1 aliphatic carbocycles. The summed E-state index contributed by atoms with van der Waals surface area (Å²) in [5, 5.41) is 2.27. The van der Waals surface area contributed by atoms with Gasteiger partial charge in [-0.05, 0) is 23.6 Å². The fraction of sp³-hybridized carbons (Fsp3) is 0.312. The summed E-state index contributed by atoms with van der Waals surface area (Å²) in [6, 6.07) is 14.2. The van der Waals surface area contributed by atoms with Gasteiger partial charge >= 0.3 is 0 Å². The molecule has 1 heteroatoms. The van der Waals surface area contributed by atoms with E-state index < -0.39 is 0 Å². The van der Waals surface area contributed by atoms with Crippen molar-refractivity contribution in [3.8, 4) is 0 Å². The van der Waals surface area contributed by atoms with Gasteiger partial charge < -0.3 is 0 Å². The Morgan fingerprint density at radius 2 is 1.65 bits per heavy atom. The van der Waals surface area contributed by atoms with E-state index in [4.69, 9.17) is 0 Å². The van der Waals surface area contributed by atoms with Crippen molar-refractivity contribution in [3.05, 3.63) is 48.0 Å². The van der Waals surface area contributed by atoms with Gasteiger partial charge in [0.1, 0.15) is 0 Å². The fourth-order valence-corrected chi connectivity index (χ4v) is 2.85. The minimum Gasteiger partial charge on any atom is -0.294 e. The second kappa shape index (κ2) is 4.33. The van der Waals surface area contributed by atoms with Gasteiger partial charge in [-0.25, -0.2) is 0 Å². The zero-order valence-electron chi connectivity index (χ0n) is 9.86. The Morgan fingerprint density at radius 1 is 0.941 bits per heavy atom. The molecule has 0 spiro atoms. The van der Waals surface area contributed by atoms with Crippen LogP contribution in [-0.2, 0) is 0 Å². The molecule has 2 aromatic carbocycles. The minimum absolute atomic E-state index is 0.265. The van der Waals surface area contributed by atoms with Crippen LogP contribution in [0.25, 0.3) is 10.8 Å². The number of hydrogen-bond donors (Lipinski definition) is 0. The van der Waals surface area contributed by atoms with Gasteiger partial charge in [0.05, 0.1) is 0 Å². The van der Waals surface area contributed by atoms with Crippen LogP contribution in [0.3, 0.4) is 0 Å². The van der Waals surface area contributed by atoms with Crippen molar-refractivity contribution >= 4 is 16.6 Å². The Morgan fingerprint density at radius 3 is 2.47 bits per heavy atom. The van der Waals surface area contributed by atoms with Crippen LogP contribution >= 0.6 is 0 Å². The number of hydrogen-bond acceptors (Lipinski definition) is 1. The Balaban J connectivity index is 2.07. The highest BCUT2D eigenvalue weighted by Crippen LogP contribution is 2.30. The second-order valence-electron chi connectivity index (χ2n) is 4.87. The van der Waals surface area contributed by atoms with E-state index in [0.29, 0.717) is 5.78 Å². The summed E-state index contributed by atoms with van der Waals surface area (Å²) in [6.45, 7) is 0.